The number of anilines is 1. The van der Waals surface area contributed by atoms with E-state index in [1.165, 1.54) is 17.0 Å². The van der Waals surface area contributed by atoms with Gasteiger partial charge in [-0.05, 0) is 30.3 Å². The van der Waals surface area contributed by atoms with Gasteiger partial charge in [0, 0.05) is 48.9 Å². The van der Waals surface area contributed by atoms with Crippen LogP contribution < -0.4 is 5.32 Å². The minimum Gasteiger partial charge on any atom is -0.340 e. The molecule has 5 nitrogen and oxygen atoms in total. The molecule has 0 aliphatic carbocycles. The second-order valence-electron chi connectivity index (χ2n) is 6.63. The summed E-state index contributed by atoms with van der Waals surface area (Å²) in [5.74, 6) is 0.367. The number of nitrogens with zero attached hydrogens (tertiary/aromatic N) is 2. The van der Waals surface area contributed by atoms with Crippen LogP contribution >= 0.6 is 11.8 Å². The molecule has 0 atom stereocenters. The Hall–Kier alpha value is -2.38. The molecule has 1 aliphatic rings. The van der Waals surface area contributed by atoms with Crippen LogP contribution in [0, 0.1) is 5.82 Å². The summed E-state index contributed by atoms with van der Waals surface area (Å²) >= 11 is 1.69. The molecule has 1 saturated heterocycles. The van der Waals surface area contributed by atoms with Gasteiger partial charge in [-0.25, -0.2) is 4.39 Å². The third-order valence-corrected chi connectivity index (χ3v) is 5.54. The van der Waals surface area contributed by atoms with Gasteiger partial charge < -0.3 is 10.2 Å². The third-order valence-electron chi connectivity index (χ3n) is 4.53. The van der Waals surface area contributed by atoms with Crippen molar-refractivity contribution in [2.24, 2.45) is 0 Å². The molecule has 2 aromatic carbocycles. The Morgan fingerprint density at radius 1 is 1.00 bits per heavy atom. The first-order chi connectivity index (χ1) is 13.6. The largest absolute Gasteiger partial charge is 0.340 e. The molecule has 0 spiro atoms. The quantitative estimate of drug-likeness (QED) is 0.725. The fourth-order valence-electron chi connectivity index (χ4n) is 3.06. The summed E-state index contributed by atoms with van der Waals surface area (Å²) < 4.78 is 13.2. The van der Waals surface area contributed by atoms with Crippen LogP contribution in [-0.2, 0) is 9.59 Å². The number of halogens is 1. The Morgan fingerprint density at radius 3 is 2.46 bits per heavy atom. The van der Waals surface area contributed by atoms with E-state index < -0.39 is 0 Å². The Balaban J connectivity index is 1.35. The predicted molar refractivity (Wildman–Crippen MR) is 110 cm³/mol. The number of benzene rings is 2. The van der Waals surface area contributed by atoms with E-state index in [1.807, 2.05) is 40.1 Å². The lowest BCUT2D eigenvalue weighted by atomic mass is 10.2. The van der Waals surface area contributed by atoms with Crippen LogP contribution in [-0.4, -0.2) is 60.1 Å². The maximum Gasteiger partial charge on any atom is 0.238 e. The molecule has 0 unspecified atom stereocenters. The number of amides is 2. The predicted octanol–water partition coefficient (Wildman–Crippen LogP) is 3.09. The maximum atomic E-state index is 13.2. The van der Waals surface area contributed by atoms with Crippen molar-refractivity contribution >= 4 is 29.3 Å². The number of carbonyl (C=O) groups excluding carboxylic acids is 2. The molecule has 7 heteroatoms. The first-order valence-corrected chi connectivity index (χ1v) is 10.3. The molecule has 0 radical (unpaired) electrons. The van der Waals surface area contributed by atoms with Crippen molar-refractivity contribution in [3.05, 3.63) is 60.4 Å². The molecular weight excluding hydrogens is 377 g/mol. The summed E-state index contributed by atoms with van der Waals surface area (Å²) in [7, 11) is 0. The van der Waals surface area contributed by atoms with Gasteiger partial charge in [0.2, 0.25) is 11.8 Å². The summed E-state index contributed by atoms with van der Waals surface area (Å²) in [5.41, 5.74) is 0.453. The van der Waals surface area contributed by atoms with Crippen molar-refractivity contribution in [1.82, 2.24) is 9.80 Å². The van der Waals surface area contributed by atoms with Gasteiger partial charge in [-0.2, -0.15) is 0 Å². The number of piperazine rings is 1. The Kier molecular flexibility index (Phi) is 7.45. The van der Waals surface area contributed by atoms with Gasteiger partial charge in [0.15, 0.2) is 0 Å². The molecule has 2 aromatic rings. The molecule has 3 rings (SSSR count). The zero-order valence-corrected chi connectivity index (χ0v) is 16.5. The number of rotatable bonds is 7. The number of thioether (sulfide) groups is 1. The highest BCUT2D eigenvalue weighted by molar-refractivity contribution is 7.99. The smallest absolute Gasteiger partial charge is 0.238 e. The van der Waals surface area contributed by atoms with Crippen molar-refractivity contribution in [3.63, 3.8) is 0 Å². The van der Waals surface area contributed by atoms with Gasteiger partial charge in [0.1, 0.15) is 5.82 Å². The van der Waals surface area contributed by atoms with E-state index in [-0.39, 0.29) is 24.2 Å². The standard InChI is InChI=1S/C21H24FN3O2S/c22-17-5-4-6-18(15-17)23-20(26)16-24-10-12-25(13-11-24)21(27)9-14-28-19-7-2-1-3-8-19/h1-8,15H,9-14,16H2,(H,23,26). The fourth-order valence-corrected chi connectivity index (χ4v) is 3.92. The lowest BCUT2D eigenvalue weighted by Crippen LogP contribution is -2.50. The van der Waals surface area contributed by atoms with Gasteiger partial charge in [0.25, 0.3) is 0 Å². The van der Waals surface area contributed by atoms with E-state index >= 15 is 0 Å². The minimum atomic E-state index is -0.379. The molecule has 0 bridgehead atoms. The minimum absolute atomic E-state index is 0.160. The summed E-state index contributed by atoms with van der Waals surface area (Å²) in [6.07, 6.45) is 0.514. The molecule has 1 fully saturated rings. The number of hydrogen-bond donors (Lipinski definition) is 1. The van der Waals surface area contributed by atoms with Crippen molar-refractivity contribution in [2.45, 2.75) is 11.3 Å². The molecule has 2 amide bonds. The molecule has 1 aliphatic heterocycles. The third kappa shape index (κ3) is 6.35. The monoisotopic (exact) mass is 401 g/mol. The molecule has 1 N–H and O–H groups in total. The second kappa shape index (κ2) is 10.2. The molecule has 0 aromatic heterocycles. The van der Waals surface area contributed by atoms with Gasteiger partial charge in [0.05, 0.1) is 6.54 Å². The highest BCUT2D eigenvalue weighted by atomic mass is 32.2. The fraction of sp³-hybridized carbons (Fsp3) is 0.333. The maximum absolute atomic E-state index is 13.2. The van der Waals surface area contributed by atoms with Crippen molar-refractivity contribution in [1.29, 1.82) is 0 Å². The summed E-state index contributed by atoms with van der Waals surface area (Å²) in [6.45, 7) is 2.81. The Morgan fingerprint density at radius 2 is 1.75 bits per heavy atom. The zero-order valence-electron chi connectivity index (χ0n) is 15.6. The molecule has 148 valence electrons. The molecule has 28 heavy (non-hydrogen) atoms. The Bertz CT molecular complexity index is 795. The van der Waals surface area contributed by atoms with E-state index in [4.69, 9.17) is 0 Å². The van der Waals surface area contributed by atoms with E-state index in [0.717, 1.165) is 5.75 Å². The first kappa shape index (κ1) is 20.4. The van der Waals surface area contributed by atoms with Gasteiger partial charge >= 0.3 is 0 Å². The highest BCUT2D eigenvalue weighted by Gasteiger charge is 2.22. The van der Waals surface area contributed by atoms with E-state index in [2.05, 4.69) is 5.32 Å². The van der Waals surface area contributed by atoms with Gasteiger partial charge in [-0.3, -0.25) is 14.5 Å². The topological polar surface area (TPSA) is 52.7 Å². The lowest BCUT2D eigenvalue weighted by molar-refractivity contribution is -0.132. The summed E-state index contributed by atoms with van der Waals surface area (Å²) in [4.78, 5) is 29.5. The van der Waals surface area contributed by atoms with Crippen LogP contribution in [0.4, 0.5) is 10.1 Å². The van der Waals surface area contributed by atoms with Crippen molar-refractivity contribution in [2.75, 3.05) is 43.8 Å². The average Bonchev–Trinajstić information content (AvgIpc) is 2.69. The SMILES string of the molecule is O=C(CN1CCN(C(=O)CCSc2ccccc2)CC1)Nc1cccc(F)c1. The zero-order chi connectivity index (χ0) is 19.8. The van der Waals surface area contributed by atoms with Crippen LogP contribution in [0.15, 0.2) is 59.5 Å². The molecule has 1 heterocycles. The van der Waals surface area contributed by atoms with Crippen molar-refractivity contribution < 1.29 is 14.0 Å². The Labute approximate surface area is 168 Å². The van der Waals surface area contributed by atoms with Gasteiger partial charge in [-0.15, -0.1) is 11.8 Å². The number of hydrogen-bond acceptors (Lipinski definition) is 4. The van der Waals surface area contributed by atoms with Crippen molar-refractivity contribution in [3.8, 4) is 0 Å². The van der Waals surface area contributed by atoms with Crippen LogP contribution in [0.3, 0.4) is 0 Å². The first-order valence-electron chi connectivity index (χ1n) is 9.33. The van der Waals surface area contributed by atoms with E-state index in [9.17, 15) is 14.0 Å². The molecule has 0 saturated carbocycles. The molecular formula is C21H24FN3O2S. The average molecular weight is 402 g/mol. The highest BCUT2D eigenvalue weighted by Crippen LogP contribution is 2.18. The number of carbonyl (C=O) groups is 2. The van der Waals surface area contributed by atoms with Crippen LogP contribution in [0.5, 0.6) is 0 Å². The van der Waals surface area contributed by atoms with Crippen LogP contribution in [0.1, 0.15) is 6.42 Å². The van der Waals surface area contributed by atoms with Crippen LogP contribution in [0.2, 0.25) is 0 Å². The van der Waals surface area contributed by atoms with Gasteiger partial charge in [-0.1, -0.05) is 24.3 Å². The summed E-state index contributed by atoms with van der Waals surface area (Å²) in [6, 6.07) is 15.9. The van der Waals surface area contributed by atoms with E-state index in [1.54, 1.807) is 23.9 Å². The normalized spacial score (nSPS) is 14.7. The second-order valence-corrected chi connectivity index (χ2v) is 7.80. The number of nitrogens with one attached hydrogen (secondary N) is 1. The summed E-state index contributed by atoms with van der Waals surface area (Å²) in [5, 5.41) is 2.70. The van der Waals surface area contributed by atoms with E-state index in [0.29, 0.717) is 38.3 Å². The van der Waals surface area contributed by atoms with Crippen LogP contribution in [0.25, 0.3) is 0 Å². The lowest BCUT2D eigenvalue weighted by Gasteiger charge is -2.34.